The van der Waals surface area contributed by atoms with E-state index < -0.39 is 0 Å². The second-order valence-corrected chi connectivity index (χ2v) is 5.98. The smallest absolute Gasteiger partial charge is 0.169 e. The molecule has 0 unspecified atom stereocenters. The highest BCUT2D eigenvalue weighted by molar-refractivity contribution is 9.10. The molecule has 0 radical (unpaired) electrons. The number of hydrogen-bond donors (Lipinski definition) is 1. The fourth-order valence-electron chi connectivity index (χ4n) is 1.93. The van der Waals surface area contributed by atoms with Crippen LogP contribution in [0.3, 0.4) is 0 Å². The summed E-state index contributed by atoms with van der Waals surface area (Å²) < 4.78 is 6.27. The maximum atomic E-state index is 5.49. The lowest BCUT2D eigenvalue weighted by atomic mass is 10.2. The summed E-state index contributed by atoms with van der Waals surface area (Å²) in [4.78, 5) is 4.41. The average molecular weight is 313 g/mol. The highest BCUT2D eigenvalue weighted by atomic mass is 79.9. The predicted molar refractivity (Wildman–Crippen MR) is 70.8 cm³/mol. The summed E-state index contributed by atoms with van der Waals surface area (Å²) in [7, 11) is 0. The van der Waals surface area contributed by atoms with Gasteiger partial charge in [-0.3, -0.25) is 0 Å². The number of nitrogens with zero attached hydrogens (tertiary/aromatic N) is 1. The van der Waals surface area contributed by atoms with E-state index in [-0.39, 0.29) is 0 Å². The van der Waals surface area contributed by atoms with Crippen LogP contribution in [0.25, 0.3) is 0 Å². The van der Waals surface area contributed by atoms with Crippen LogP contribution in [0, 0.1) is 5.92 Å². The molecule has 3 rings (SSSR count). The molecule has 1 atom stereocenters. The number of hydrogen-bond acceptors (Lipinski definition) is 4. The number of furan rings is 1. The fourth-order valence-corrected chi connectivity index (χ4v) is 3.08. The SMILES string of the molecule is Brc1ccc(CN[C@H](c2nccs2)C2CC2)o1. The third-order valence-electron chi connectivity index (χ3n) is 2.94. The van der Waals surface area contributed by atoms with Gasteiger partial charge in [0.15, 0.2) is 4.67 Å². The van der Waals surface area contributed by atoms with Crippen molar-refractivity contribution in [2.45, 2.75) is 25.4 Å². The van der Waals surface area contributed by atoms with Gasteiger partial charge in [-0.1, -0.05) is 0 Å². The fraction of sp³-hybridized carbons (Fsp3) is 0.417. The van der Waals surface area contributed by atoms with E-state index in [4.69, 9.17) is 4.42 Å². The molecule has 0 bridgehead atoms. The van der Waals surface area contributed by atoms with E-state index in [0.717, 1.165) is 22.9 Å². The third-order valence-corrected chi connectivity index (χ3v) is 4.22. The molecule has 0 saturated heterocycles. The minimum absolute atomic E-state index is 0.388. The van der Waals surface area contributed by atoms with Gasteiger partial charge in [0.25, 0.3) is 0 Å². The summed E-state index contributed by atoms with van der Waals surface area (Å²) in [5.74, 6) is 1.71. The highest BCUT2D eigenvalue weighted by Crippen LogP contribution is 2.41. The maximum absolute atomic E-state index is 5.49. The van der Waals surface area contributed by atoms with Crippen molar-refractivity contribution < 1.29 is 4.42 Å². The van der Waals surface area contributed by atoms with E-state index in [2.05, 4.69) is 26.2 Å². The van der Waals surface area contributed by atoms with Crippen molar-refractivity contribution in [1.29, 1.82) is 0 Å². The van der Waals surface area contributed by atoms with Gasteiger partial charge < -0.3 is 9.73 Å². The van der Waals surface area contributed by atoms with Gasteiger partial charge in [0.2, 0.25) is 0 Å². The second kappa shape index (κ2) is 4.92. The molecule has 0 spiro atoms. The van der Waals surface area contributed by atoms with Crippen LogP contribution >= 0.6 is 27.3 Å². The monoisotopic (exact) mass is 312 g/mol. The van der Waals surface area contributed by atoms with E-state index >= 15 is 0 Å². The Morgan fingerprint density at radius 3 is 3.00 bits per heavy atom. The predicted octanol–water partition coefficient (Wildman–Crippen LogP) is 3.74. The molecule has 2 aromatic rings. The number of nitrogens with one attached hydrogen (secondary N) is 1. The van der Waals surface area contributed by atoms with E-state index in [1.54, 1.807) is 11.3 Å². The standard InChI is InChI=1S/C12H13BrN2OS/c13-10-4-3-9(16-10)7-15-11(8-1-2-8)12-14-5-6-17-12/h3-6,8,11,15H,1-2,7H2/t11-/m0/s1. The van der Waals surface area contributed by atoms with Gasteiger partial charge in [0.1, 0.15) is 10.8 Å². The number of halogens is 1. The molecule has 1 fully saturated rings. The Labute approximate surface area is 112 Å². The van der Waals surface area contributed by atoms with Crippen molar-refractivity contribution >= 4 is 27.3 Å². The van der Waals surface area contributed by atoms with Gasteiger partial charge in [-0.2, -0.15) is 0 Å². The normalized spacial score (nSPS) is 17.2. The van der Waals surface area contributed by atoms with Crippen molar-refractivity contribution in [3.63, 3.8) is 0 Å². The van der Waals surface area contributed by atoms with Crippen LogP contribution in [0.15, 0.2) is 32.8 Å². The van der Waals surface area contributed by atoms with Gasteiger partial charge in [-0.15, -0.1) is 11.3 Å². The first kappa shape index (κ1) is 11.4. The lowest BCUT2D eigenvalue weighted by Gasteiger charge is -2.14. The molecule has 3 nitrogen and oxygen atoms in total. The van der Waals surface area contributed by atoms with Gasteiger partial charge in [0.05, 0.1) is 12.6 Å². The Hall–Kier alpha value is -0.650. The Morgan fingerprint density at radius 2 is 2.41 bits per heavy atom. The molecule has 1 saturated carbocycles. The summed E-state index contributed by atoms with van der Waals surface area (Å²) >= 11 is 5.04. The van der Waals surface area contributed by atoms with Crippen molar-refractivity contribution in [3.8, 4) is 0 Å². The number of aromatic nitrogens is 1. The molecule has 0 aromatic carbocycles. The Bertz CT molecular complexity index is 478. The van der Waals surface area contributed by atoms with Crippen LogP contribution < -0.4 is 5.32 Å². The molecule has 2 aromatic heterocycles. The lowest BCUT2D eigenvalue weighted by molar-refractivity contribution is 0.417. The van der Waals surface area contributed by atoms with Crippen molar-refractivity contribution in [1.82, 2.24) is 10.3 Å². The maximum Gasteiger partial charge on any atom is 0.169 e. The third kappa shape index (κ3) is 2.78. The lowest BCUT2D eigenvalue weighted by Crippen LogP contribution is -2.22. The summed E-state index contributed by atoms with van der Waals surface area (Å²) in [5.41, 5.74) is 0. The second-order valence-electron chi connectivity index (χ2n) is 4.27. The van der Waals surface area contributed by atoms with Gasteiger partial charge in [-0.05, 0) is 46.8 Å². The molecule has 0 amide bonds. The molecule has 1 aliphatic rings. The molecule has 1 N–H and O–H groups in total. The van der Waals surface area contributed by atoms with E-state index in [1.165, 1.54) is 17.8 Å². The van der Waals surface area contributed by atoms with Crippen LogP contribution in [0.5, 0.6) is 0 Å². The Balaban J connectivity index is 1.65. The van der Waals surface area contributed by atoms with Crippen LogP contribution in [0.2, 0.25) is 0 Å². The van der Waals surface area contributed by atoms with Gasteiger partial charge in [0, 0.05) is 11.6 Å². The molecule has 2 heterocycles. The van der Waals surface area contributed by atoms with E-state index in [0.29, 0.717) is 6.04 Å². The van der Waals surface area contributed by atoms with Crippen LogP contribution in [0.1, 0.15) is 29.7 Å². The summed E-state index contributed by atoms with van der Waals surface area (Å²) in [6.07, 6.45) is 4.48. The van der Waals surface area contributed by atoms with E-state index in [9.17, 15) is 0 Å². The summed E-state index contributed by atoms with van der Waals surface area (Å²) in [6, 6.07) is 4.30. The Morgan fingerprint density at radius 1 is 1.53 bits per heavy atom. The zero-order valence-electron chi connectivity index (χ0n) is 9.23. The quantitative estimate of drug-likeness (QED) is 0.914. The van der Waals surface area contributed by atoms with Gasteiger partial charge >= 0.3 is 0 Å². The molecule has 0 aliphatic heterocycles. The highest BCUT2D eigenvalue weighted by Gasteiger charge is 2.33. The zero-order chi connectivity index (χ0) is 11.7. The molecule has 5 heteroatoms. The first-order chi connectivity index (χ1) is 8.33. The Kier molecular flexibility index (Phi) is 3.31. The summed E-state index contributed by atoms with van der Waals surface area (Å²) in [5, 5.41) is 6.78. The largest absolute Gasteiger partial charge is 0.453 e. The molecule has 1 aliphatic carbocycles. The van der Waals surface area contributed by atoms with Crippen molar-refractivity contribution in [2.24, 2.45) is 5.92 Å². The minimum Gasteiger partial charge on any atom is -0.453 e. The molecular formula is C12H13BrN2OS. The number of rotatable bonds is 5. The van der Waals surface area contributed by atoms with E-state index in [1.807, 2.05) is 23.7 Å². The van der Waals surface area contributed by atoms with Crippen molar-refractivity contribution in [2.75, 3.05) is 0 Å². The average Bonchev–Trinajstić information content (AvgIpc) is 2.85. The zero-order valence-corrected chi connectivity index (χ0v) is 11.6. The van der Waals surface area contributed by atoms with Crippen LogP contribution in [-0.4, -0.2) is 4.98 Å². The molecule has 17 heavy (non-hydrogen) atoms. The van der Waals surface area contributed by atoms with Crippen LogP contribution in [-0.2, 0) is 6.54 Å². The first-order valence-corrected chi connectivity index (χ1v) is 7.37. The topological polar surface area (TPSA) is 38.1 Å². The van der Waals surface area contributed by atoms with Gasteiger partial charge in [-0.25, -0.2) is 4.98 Å². The first-order valence-electron chi connectivity index (χ1n) is 5.70. The molecular weight excluding hydrogens is 300 g/mol. The van der Waals surface area contributed by atoms with Crippen LogP contribution in [0.4, 0.5) is 0 Å². The number of thiazole rings is 1. The summed E-state index contributed by atoms with van der Waals surface area (Å²) in [6.45, 7) is 0.756. The van der Waals surface area contributed by atoms with Crippen molar-refractivity contribution in [3.05, 3.63) is 39.1 Å². The molecule has 90 valence electrons. The minimum atomic E-state index is 0.388.